The molecule has 1 aliphatic heterocycles. The Balaban J connectivity index is 2.14. The molecule has 1 aromatic carbocycles. The number of Topliss-reactive ketones (excluding diaryl/α,β-unsaturated/α-hetero) is 1. The molecule has 140 valence electrons. The first kappa shape index (κ1) is 19.6. The second kappa shape index (κ2) is 9.07. The minimum absolute atomic E-state index is 0.308. The molecule has 0 saturated carbocycles. The van der Waals surface area contributed by atoms with Crippen molar-refractivity contribution in [3.05, 3.63) is 35.9 Å². The standard InChI is InChI=1S/C18H21FN2O5/c19-11-15(22)13(10-16(23)24)20-17(25)14-8-4-5-9-21(14)18(26)12-6-2-1-3-7-12/h1-3,6-7,13-14H,4-5,8-11H2,(H,20,25)(H,23,24)/t13-,14-/m0/s1. The fraction of sp³-hybridized carbons (Fsp3) is 0.444. The van der Waals surface area contributed by atoms with Crippen molar-refractivity contribution in [2.45, 2.75) is 37.8 Å². The number of piperidine rings is 1. The van der Waals surface area contributed by atoms with Crippen molar-refractivity contribution in [3.8, 4) is 0 Å². The van der Waals surface area contributed by atoms with E-state index in [1.807, 2.05) is 0 Å². The number of nitrogens with one attached hydrogen (secondary N) is 1. The number of nitrogens with zero attached hydrogens (tertiary/aromatic N) is 1. The summed E-state index contributed by atoms with van der Waals surface area (Å²) in [5.41, 5.74) is 0.439. The number of benzene rings is 1. The SMILES string of the molecule is O=C(O)C[C@H](NC(=O)[C@@H]1CCCCN1C(=O)c1ccccc1)C(=O)CF. The fourth-order valence-electron chi connectivity index (χ4n) is 2.97. The van der Waals surface area contributed by atoms with Crippen molar-refractivity contribution < 1.29 is 28.7 Å². The van der Waals surface area contributed by atoms with Crippen LogP contribution in [0.5, 0.6) is 0 Å². The number of halogens is 1. The maximum absolute atomic E-state index is 12.7. The molecule has 1 aromatic rings. The number of ketones is 1. The number of likely N-dealkylation sites (tertiary alicyclic amines) is 1. The molecule has 2 atom stereocenters. The Morgan fingerprint density at radius 2 is 1.88 bits per heavy atom. The third kappa shape index (κ3) is 4.87. The lowest BCUT2D eigenvalue weighted by molar-refractivity contribution is -0.140. The van der Waals surface area contributed by atoms with E-state index >= 15 is 0 Å². The van der Waals surface area contributed by atoms with Gasteiger partial charge in [-0.1, -0.05) is 18.2 Å². The van der Waals surface area contributed by atoms with Crippen LogP contribution in [-0.2, 0) is 14.4 Å². The molecule has 1 aliphatic rings. The Bertz CT molecular complexity index is 679. The number of hydrogen-bond acceptors (Lipinski definition) is 4. The molecule has 1 heterocycles. The summed E-state index contributed by atoms with van der Waals surface area (Å²) >= 11 is 0. The van der Waals surface area contributed by atoms with Gasteiger partial charge >= 0.3 is 5.97 Å². The lowest BCUT2D eigenvalue weighted by Gasteiger charge is -2.35. The van der Waals surface area contributed by atoms with Crippen LogP contribution < -0.4 is 5.32 Å². The molecule has 0 bridgehead atoms. The molecule has 2 N–H and O–H groups in total. The third-order valence-electron chi connectivity index (χ3n) is 4.30. The first-order chi connectivity index (χ1) is 12.4. The van der Waals surface area contributed by atoms with E-state index in [0.717, 1.165) is 12.8 Å². The molecule has 1 fully saturated rings. The smallest absolute Gasteiger partial charge is 0.305 e. The monoisotopic (exact) mass is 364 g/mol. The quantitative estimate of drug-likeness (QED) is 0.756. The lowest BCUT2D eigenvalue weighted by atomic mass is 9.99. The summed E-state index contributed by atoms with van der Waals surface area (Å²) in [6.45, 7) is -0.984. The fourth-order valence-corrected chi connectivity index (χ4v) is 2.97. The summed E-state index contributed by atoms with van der Waals surface area (Å²) in [4.78, 5) is 49.1. The van der Waals surface area contributed by atoms with Gasteiger partial charge in [0.15, 0.2) is 5.78 Å². The summed E-state index contributed by atoms with van der Waals surface area (Å²) in [6, 6.07) is 6.23. The summed E-state index contributed by atoms with van der Waals surface area (Å²) in [5.74, 6) is -3.27. The van der Waals surface area contributed by atoms with E-state index < -0.39 is 42.8 Å². The van der Waals surface area contributed by atoms with E-state index in [9.17, 15) is 23.6 Å². The first-order valence-corrected chi connectivity index (χ1v) is 8.41. The number of carbonyl (C=O) groups is 4. The second-order valence-electron chi connectivity index (χ2n) is 6.14. The number of amides is 2. The highest BCUT2D eigenvalue weighted by molar-refractivity contribution is 5.99. The van der Waals surface area contributed by atoms with Gasteiger partial charge in [-0.3, -0.25) is 19.2 Å². The van der Waals surface area contributed by atoms with Gasteiger partial charge in [0.1, 0.15) is 18.8 Å². The van der Waals surface area contributed by atoms with Gasteiger partial charge in [0.25, 0.3) is 5.91 Å². The molecule has 26 heavy (non-hydrogen) atoms. The molecule has 0 aromatic heterocycles. The van der Waals surface area contributed by atoms with Gasteiger partial charge in [0.05, 0.1) is 6.42 Å². The van der Waals surface area contributed by atoms with Crippen LogP contribution in [0.2, 0.25) is 0 Å². The number of alkyl halides is 1. The van der Waals surface area contributed by atoms with Crippen LogP contribution in [0.4, 0.5) is 4.39 Å². The predicted molar refractivity (Wildman–Crippen MR) is 90.3 cm³/mol. The molecule has 0 spiro atoms. The van der Waals surface area contributed by atoms with Gasteiger partial charge in [-0.25, -0.2) is 4.39 Å². The highest BCUT2D eigenvalue weighted by Gasteiger charge is 2.35. The van der Waals surface area contributed by atoms with E-state index in [1.54, 1.807) is 30.3 Å². The van der Waals surface area contributed by atoms with Crippen LogP contribution in [-0.4, -0.2) is 58.9 Å². The van der Waals surface area contributed by atoms with Crippen molar-refractivity contribution >= 4 is 23.6 Å². The minimum Gasteiger partial charge on any atom is -0.481 e. The van der Waals surface area contributed by atoms with Crippen LogP contribution in [0.3, 0.4) is 0 Å². The van der Waals surface area contributed by atoms with Crippen molar-refractivity contribution in [3.63, 3.8) is 0 Å². The average molecular weight is 364 g/mol. The molecular weight excluding hydrogens is 343 g/mol. The molecule has 2 rings (SSSR count). The Labute approximate surface area is 150 Å². The van der Waals surface area contributed by atoms with Gasteiger partial charge < -0.3 is 15.3 Å². The Kier molecular flexibility index (Phi) is 6.82. The summed E-state index contributed by atoms with van der Waals surface area (Å²) in [7, 11) is 0. The van der Waals surface area contributed by atoms with Gasteiger partial charge in [0.2, 0.25) is 5.91 Å². The maximum Gasteiger partial charge on any atom is 0.305 e. The van der Waals surface area contributed by atoms with Crippen molar-refractivity contribution in [2.75, 3.05) is 13.2 Å². The van der Waals surface area contributed by atoms with Gasteiger partial charge in [-0.2, -0.15) is 0 Å². The van der Waals surface area contributed by atoms with Gasteiger partial charge in [-0.05, 0) is 31.4 Å². The van der Waals surface area contributed by atoms with Crippen molar-refractivity contribution in [2.24, 2.45) is 0 Å². The Hall–Kier alpha value is -2.77. The van der Waals surface area contributed by atoms with Gasteiger partial charge in [0, 0.05) is 12.1 Å². The van der Waals surface area contributed by atoms with Crippen molar-refractivity contribution in [1.82, 2.24) is 10.2 Å². The molecule has 2 amide bonds. The van der Waals surface area contributed by atoms with Crippen LogP contribution in [0.25, 0.3) is 0 Å². The van der Waals surface area contributed by atoms with Crippen LogP contribution in [0.1, 0.15) is 36.0 Å². The first-order valence-electron chi connectivity index (χ1n) is 8.41. The Morgan fingerprint density at radius 3 is 2.50 bits per heavy atom. The van der Waals surface area contributed by atoms with E-state index in [-0.39, 0.29) is 5.91 Å². The van der Waals surface area contributed by atoms with E-state index in [1.165, 1.54) is 4.90 Å². The maximum atomic E-state index is 12.7. The summed E-state index contributed by atoms with van der Waals surface area (Å²) in [5, 5.41) is 11.2. The van der Waals surface area contributed by atoms with E-state index in [2.05, 4.69) is 5.32 Å². The molecule has 8 heteroatoms. The average Bonchev–Trinajstić information content (AvgIpc) is 2.66. The van der Waals surface area contributed by atoms with Crippen LogP contribution in [0.15, 0.2) is 30.3 Å². The largest absolute Gasteiger partial charge is 0.481 e. The molecule has 0 aliphatic carbocycles. The zero-order valence-corrected chi connectivity index (χ0v) is 14.2. The molecule has 1 saturated heterocycles. The topological polar surface area (TPSA) is 104 Å². The number of carbonyl (C=O) groups excluding carboxylic acids is 3. The predicted octanol–water partition coefficient (Wildman–Crippen LogP) is 1.18. The summed E-state index contributed by atoms with van der Waals surface area (Å²) in [6.07, 6.45) is 1.16. The number of hydrogen-bond donors (Lipinski definition) is 2. The van der Waals surface area contributed by atoms with Crippen LogP contribution in [0, 0.1) is 0 Å². The molecular formula is C18H21FN2O5. The molecule has 0 radical (unpaired) electrons. The van der Waals surface area contributed by atoms with Crippen LogP contribution >= 0.6 is 0 Å². The zero-order valence-electron chi connectivity index (χ0n) is 14.2. The van der Waals surface area contributed by atoms with E-state index in [0.29, 0.717) is 18.5 Å². The van der Waals surface area contributed by atoms with Crippen molar-refractivity contribution in [1.29, 1.82) is 0 Å². The van der Waals surface area contributed by atoms with Gasteiger partial charge in [-0.15, -0.1) is 0 Å². The highest BCUT2D eigenvalue weighted by atomic mass is 19.1. The summed E-state index contributed by atoms with van der Waals surface area (Å²) < 4.78 is 12.6. The van der Waals surface area contributed by atoms with E-state index in [4.69, 9.17) is 5.11 Å². The number of aliphatic carboxylic acids is 1. The number of rotatable bonds is 7. The highest BCUT2D eigenvalue weighted by Crippen LogP contribution is 2.20. The second-order valence-corrected chi connectivity index (χ2v) is 6.14. The Morgan fingerprint density at radius 1 is 1.19 bits per heavy atom. The number of carboxylic acids is 1. The lowest BCUT2D eigenvalue weighted by Crippen LogP contribution is -2.55. The molecule has 7 nitrogen and oxygen atoms in total. The number of carboxylic acid groups (broad SMARTS) is 1. The normalized spacial score (nSPS) is 18.0. The third-order valence-corrected chi connectivity index (χ3v) is 4.30. The molecule has 0 unspecified atom stereocenters. The zero-order chi connectivity index (χ0) is 19.1. The minimum atomic E-state index is -1.44.